The molecule has 2 fully saturated rings. The van der Waals surface area contributed by atoms with Crippen LogP contribution in [-0.4, -0.2) is 49.1 Å². The average Bonchev–Trinajstić information content (AvgIpc) is 3.11. The van der Waals surface area contributed by atoms with Crippen molar-refractivity contribution in [3.63, 3.8) is 0 Å². The molecule has 4 rings (SSSR count). The number of hydrogen-bond donors (Lipinski definition) is 2. The molecular weight excluding hydrogens is 498 g/mol. The maximum atomic E-state index is 13.2. The topological polar surface area (TPSA) is 105 Å². The van der Waals surface area contributed by atoms with Gasteiger partial charge in [-0.15, -0.1) is 0 Å². The van der Waals surface area contributed by atoms with E-state index in [4.69, 9.17) is 17.0 Å². The lowest BCUT2D eigenvalue weighted by Crippen LogP contribution is -2.46. The van der Waals surface area contributed by atoms with Gasteiger partial charge in [-0.1, -0.05) is 26.0 Å². The molecule has 36 heavy (non-hydrogen) atoms. The summed E-state index contributed by atoms with van der Waals surface area (Å²) in [6.45, 7) is 9.45. The van der Waals surface area contributed by atoms with Crippen LogP contribution in [0.4, 0.5) is 5.69 Å². The maximum absolute atomic E-state index is 13.2. The van der Waals surface area contributed by atoms with Crippen LogP contribution in [0.15, 0.2) is 35.5 Å². The largest absolute Gasteiger partial charge is 0.459 e. The molecule has 3 unspecified atom stereocenters. The molecule has 10 heteroatoms. The zero-order valence-electron chi connectivity index (χ0n) is 21.7. The molecule has 0 spiro atoms. The number of sulfonamides is 1. The summed E-state index contributed by atoms with van der Waals surface area (Å²) in [6.07, 6.45) is 1.70. The van der Waals surface area contributed by atoms with E-state index < -0.39 is 27.4 Å². The lowest BCUT2D eigenvalue weighted by Gasteiger charge is -2.36. The molecule has 1 heterocycles. The number of nitrogens with one attached hydrogen (secondary N) is 2. The van der Waals surface area contributed by atoms with Crippen LogP contribution in [0.1, 0.15) is 65.5 Å². The van der Waals surface area contributed by atoms with Gasteiger partial charge in [-0.25, -0.2) is 13.2 Å². The normalized spacial score (nSPS) is 27.5. The van der Waals surface area contributed by atoms with Crippen LogP contribution >= 0.6 is 12.2 Å². The van der Waals surface area contributed by atoms with E-state index in [1.54, 1.807) is 50.1 Å². The van der Waals surface area contributed by atoms with E-state index in [1.807, 2.05) is 20.8 Å². The summed E-state index contributed by atoms with van der Waals surface area (Å²) in [5, 5.41) is 3.66. The van der Waals surface area contributed by atoms with Crippen LogP contribution in [0.5, 0.6) is 0 Å². The van der Waals surface area contributed by atoms with Gasteiger partial charge in [0, 0.05) is 24.9 Å². The number of esters is 1. The Morgan fingerprint density at radius 1 is 1.28 bits per heavy atom. The highest BCUT2D eigenvalue weighted by molar-refractivity contribution is 7.92. The number of ether oxygens (including phenoxy) is 1. The minimum Gasteiger partial charge on any atom is -0.459 e. The van der Waals surface area contributed by atoms with Crippen LogP contribution in [0.3, 0.4) is 0 Å². The third-order valence-electron chi connectivity index (χ3n) is 8.41. The van der Waals surface area contributed by atoms with E-state index in [1.165, 1.54) is 0 Å². The molecule has 0 aromatic heterocycles. The number of allylic oxidation sites excluding steroid dienone is 1. The monoisotopic (exact) mass is 533 g/mol. The van der Waals surface area contributed by atoms with Crippen molar-refractivity contribution in [3.8, 4) is 0 Å². The number of hydrogen-bond acceptors (Lipinski definition) is 6. The third-order valence-corrected chi connectivity index (χ3v) is 10.2. The van der Waals surface area contributed by atoms with Crippen LogP contribution in [0, 0.1) is 16.7 Å². The summed E-state index contributed by atoms with van der Waals surface area (Å²) >= 11 is 5.44. The van der Waals surface area contributed by atoms with Crippen molar-refractivity contribution in [1.29, 1.82) is 0 Å². The van der Waals surface area contributed by atoms with E-state index in [9.17, 15) is 18.0 Å². The Morgan fingerprint density at radius 2 is 1.92 bits per heavy atom. The summed E-state index contributed by atoms with van der Waals surface area (Å²) in [5.41, 5.74) is 1.13. The van der Waals surface area contributed by atoms with Gasteiger partial charge in [-0.2, -0.15) is 0 Å². The van der Waals surface area contributed by atoms with Crippen molar-refractivity contribution in [3.05, 3.63) is 41.1 Å². The Hall–Kier alpha value is -2.46. The minimum atomic E-state index is -3.76. The van der Waals surface area contributed by atoms with Crippen LogP contribution < -0.4 is 10.0 Å². The van der Waals surface area contributed by atoms with Crippen molar-refractivity contribution in [2.75, 3.05) is 17.5 Å². The van der Waals surface area contributed by atoms with Gasteiger partial charge in [-0.3, -0.25) is 9.52 Å². The number of carbonyl (C=O) groups excluding carboxylic acids is 2. The molecule has 0 amide bonds. The van der Waals surface area contributed by atoms with Gasteiger partial charge in [0.1, 0.15) is 5.78 Å². The van der Waals surface area contributed by atoms with E-state index in [0.29, 0.717) is 34.9 Å². The molecule has 196 valence electrons. The van der Waals surface area contributed by atoms with Crippen LogP contribution in [0.2, 0.25) is 0 Å². The predicted octanol–water partition coefficient (Wildman–Crippen LogP) is 3.91. The van der Waals surface area contributed by atoms with Crippen molar-refractivity contribution < 1.29 is 22.7 Å². The van der Waals surface area contributed by atoms with Crippen LogP contribution in [0.25, 0.3) is 0 Å². The van der Waals surface area contributed by atoms with Crippen molar-refractivity contribution in [2.45, 2.75) is 66.0 Å². The Balaban J connectivity index is 1.56. The van der Waals surface area contributed by atoms with Gasteiger partial charge in [0.15, 0.2) is 5.11 Å². The average molecular weight is 534 g/mol. The molecule has 1 aromatic rings. The maximum Gasteiger partial charge on any atom is 0.338 e. The molecule has 0 radical (unpaired) electrons. The van der Waals surface area contributed by atoms with E-state index in [-0.39, 0.29) is 29.0 Å². The highest BCUT2D eigenvalue weighted by atomic mass is 32.2. The van der Waals surface area contributed by atoms with E-state index in [2.05, 4.69) is 10.0 Å². The first-order valence-corrected chi connectivity index (χ1v) is 14.3. The first kappa shape index (κ1) is 26.6. The summed E-state index contributed by atoms with van der Waals surface area (Å²) < 4.78 is 34.4. The number of rotatable bonds is 7. The Morgan fingerprint density at radius 3 is 2.44 bits per heavy atom. The summed E-state index contributed by atoms with van der Waals surface area (Å²) in [6, 6.07) is 6.31. The molecule has 8 nitrogen and oxygen atoms in total. The summed E-state index contributed by atoms with van der Waals surface area (Å²) in [4.78, 5) is 27.4. The highest BCUT2D eigenvalue weighted by Crippen LogP contribution is 2.64. The van der Waals surface area contributed by atoms with E-state index >= 15 is 0 Å². The van der Waals surface area contributed by atoms with Crippen molar-refractivity contribution in [2.24, 2.45) is 16.7 Å². The molecule has 1 aromatic carbocycles. The molecule has 2 N–H and O–H groups in total. The Bertz CT molecular complexity index is 1240. The number of benzene rings is 1. The fourth-order valence-electron chi connectivity index (χ4n) is 6.02. The second-order valence-electron chi connectivity index (χ2n) is 11.0. The van der Waals surface area contributed by atoms with Gasteiger partial charge in [0.05, 0.1) is 28.9 Å². The predicted molar refractivity (Wildman–Crippen MR) is 143 cm³/mol. The SMILES string of the molecule is CC1=C(C(=O)OC(C)C)C(c2ccc(NS(=O)(=O)CC34CCC(CC3=O)C4(C)C)cc2)NC(=S)N1C. The van der Waals surface area contributed by atoms with Gasteiger partial charge in [0.25, 0.3) is 0 Å². The number of nitrogens with zero attached hydrogens (tertiary/aromatic N) is 1. The second kappa shape index (κ2) is 9.13. The number of ketones is 1. The van der Waals surface area contributed by atoms with Gasteiger partial charge in [0.2, 0.25) is 10.0 Å². The van der Waals surface area contributed by atoms with Crippen molar-refractivity contribution >= 4 is 44.8 Å². The fourth-order valence-corrected chi connectivity index (χ4v) is 8.17. The molecule has 2 saturated carbocycles. The first-order chi connectivity index (χ1) is 16.7. The van der Waals surface area contributed by atoms with Gasteiger partial charge < -0.3 is 15.0 Å². The fraction of sp³-hybridized carbons (Fsp3) is 0.577. The molecular formula is C26H35N3O5S2. The highest BCUT2D eigenvalue weighted by Gasteiger charge is 2.65. The summed E-state index contributed by atoms with van der Waals surface area (Å²) in [7, 11) is -1.98. The van der Waals surface area contributed by atoms with E-state index in [0.717, 1.165) is 12.0 Å². The zero-order valence-corrected chi connectivity index (χ0v) is 23.3. The smallest absolute Gasteiger partial charge is 0.338 e. The number of carbonyl (C=O) groups is 2. The Kier molecular flexibility index (Phi) is 6.75. The summed E-state index contributed by atoms with van der Waals surface area (Å²) in [5.74, 6) is -0.323. The van der Waals surface area contributed by atoms with Crippen molar-refractivity contribution in [1.82, 2.24) is 10.2 Å². The quantitative estimate of drug-likeness (QED) is 0.402. The number of fused-ring (bicyclic) bond motifs is 2. The lowest BCUT2D eigenvalue weighted by molar-refractivity contribution is -0.143. The molecule has 3 aliphatic rings. The standard InChI is InChI=1S/C26H35N3O5S2/c1-15(2)34-23(31)21-16(3)29(6)24(35)27-22(21)17-7-9-19(10-8-17)28-36(32,33)14-26-12-11-18(13-20(26)30)25(26,4)5/h7-10,15,18,22,28H,11-14H2,1-6H3,(H,27,35). The van der Waals surface area contributed by atoms with Crippen LogP contribution in [-0.2, 0) is 24.3 Å². The molecule has 0 saturated heterocycles. The number of anilines is 1. The molecule has 3 atom stereocenters. The van der Waals surface area contributed by atoms with Gasteiger partial charge in [-0.05, 0) is 74.9 Å². The Labute approximate surface area is 218 Å². The molecule has 2 bridgehead atoms. The second-order valence-corrected chi connectivity index (χ2v) is 13.2. The lowest BCUT2D eigenvalue weighted by atomic mass is 9.70. The third kappa shape index (κ3) is 4.42. The first-order valence-electron chi connectivity index (χ1n) is 12.3. The number of thiocarbonyl (C=S) groups is 1. The molecule has 2 aliphatic carbocycles. The minimum absolute atomic E-state index is 0.0664. The number of Topliss-reactive ketones (excluding diaryl/α,β-unsaturated/α-hetero) is 1. The molecule has 1 aliphatic heterocycles. The van der Waals surface area contributed by atoms with Gasteiger partial charge >= 0.3 is 5.97 Å². The zero-order chi connectivity index (χ0) is 26.6.